The molecule has 0 radical (unpaired) electrons. The quantitative estimate of drug-likeness (QED) is 0.563. The third-order valence-electron chi connectivity index (χ3n) is 6.69. The second-order valence-electron chi connectivity index (χ2n) is 8.67. The number of carbonyl (C=O) groups excluding carboxylic acids is 2. The second kappa shape index (κ2) is 9.40. The molecule has 182 valence electrons. The number of hydrogen-bond acceptors (Lipinski definition) is 5. The van der Waals surface area contributed by atoms with Gasteiger partial charge in [-0.3, -0.25) is 9.59 Å². The van der Waals surface area contributed by atoms with Gasteiger partial charge in [0.05, 0.1) is 19.9 Å². The Hall–Kier alpha value is -3.88. The SMILES string of the molecule is COc1ccc(C(=O)N2CCN(C(=O)c3nn(-c4ccc(F)cc4)c4c3CCC4)CC2)cc1OC. The van der Waals surface area contributed by atoms with Gasteiger partial charge in [-0.1, -0.05) is 0 Å². The van der Waals surface area contributed by atoms with Crippen LogP contribution < -0.4 is 9.47 Å². The van der Waals surface area contributed by atoms with E-state index in [9.17, 15) is 14.0 Å². The summed E-state index contributed by atoms with van der Waals surface area (Å²) >= 11 is 0. The fourth-order valence-corrected chi connectivity index (χ4v) is 4.82. The summed E-state index contributed by atoms with van der Waals surface area (Å²) in [5.41, 5.74) is 3.71. The molecule has 0 N–H and O–H groups in total. The van der Waals surface area contributed by atoms with Crippen molar-refractivity contribution in [3.05, 3.63) is 70.8 Å². The van der Waals surface area contributed by atoms with Crippen molar-refractivity contribution in [2.75, 3.05) is 40.4 Å². The number of nitrogens with zero attached hydrogens (tertiary/aromatic N) is 4. The molecule has 5 rings (SSSR count). The van der Waals surface area contributed by atoms with E-state index in [4.69, 9.17) is 9.47 Å². The van der Waals surface area contributed by atoms with Crippen LogP contribution in [0.1, 0.15) is 38.5 Å². The largest absolute Gasteiger partial charge is 0.493 e. The number of aromatic nitrogens is 2. The van der Waals surface area contributed by atoms with Crippen LogP contribution in [-0.4, -0.2) is 71.8 Å². The van der Waals surface area contributed by atoms with Gasteiger partial charge in [0.25, 0.3) is 11.8 Å². The Labute approximate surface area is 202 Å². The van der Waals surface area contributed by atoms with Crippen molar-refractivity contribution >= 4 is 11.8 Å². The van der Waals surface area contributed by atoms with E-state index >= 15 is 0 Å². The molecule has 0 bridgehead atoms. The lowest BCUT2D eigenvalue weighted by Crippen LogP contribution is -2.50. The van der Waals surface area contributed by atoms with Crippen LogP contribution in [0.25, 0.3) is 5.69 Å². The minimum absolute atomic E-state index is 0.112. The van der Waals surface area contributed by atoms with Crippen molar-refractivity contribution in [2.45, 2.75) is 19.3 Å². The first-order valence-electron chi connectivity index (χ1n) is 11.7. The lowest BCUT2D eigenvalue weighted by molar-refractivity contribution is 0.0531. The highest BCUT2D eigenvalue weighted by Gasteiger charge is 2.32. The number of benzene rings is 2. The number of halogens is 1. The summed E-state index contributed by atoms with van der Waals surface area (Å²) in [5, 5.41) is 4.64. The highest BCUT2D eigenvalue weighted by molar-refractivity contribution is 5.96. The minimum atomic E-state index is -0.311. The number of piperazine rings is 1. The van der Waals surface area contributed by atoms with Crippen LogP contribution in [0, 0.1) is 5.82 Å². The normalized spacial score (nSPS) is 15.2. The Morgan fingerprint density at radius 2 is 1.51 bits per heavy atom. The van der Waals surface area contributed by atoms with Crippen LogP contribution in [0.3, 0.4) is 0 Å². The fourth-order valence-electron chi connectivity index (χ4n) is 4.82. The summed E-state index contributed by atoms with van der Waals surface area (Å²) in [6.45, 7) is 1.71. The molecule has 1 aliphatic heterocycles. The van der Waals surface area contributed by atoms with Gasteiger partial charge < -0.3 is 19.3 Å². The minimum Gasteiger partial charge on any atom is -0.493 e. The molecule has 0 saturated carbocycles. The monoisotopic (exact) mass is 478 g/mol. The predicted molar refractivity (Wildman–Crippen MR) is 127 cm³/mol. The lowest BCUT2D eigenvalue weighted by Gasteiger charge is -2.34. The van der Waals surface area contributed by atoms with E-state index in [-0.39, 0.29) is 17.6 Å². The molecule has 2 heterocycles. The van der Waals surface area contributed by atoms with E-state index in [2.05, 4.69) is 5.10 Å². The van der Waals surface area contributed by atoms with Gasteiger partial charge in [0.2, 0.25) is 0 Å². The van der Waals surface area contributed by atoms with E-state index in [1.54, 1.807) is 51.9 Å². The van der Waals surface area contributed by atoms with Gasteiger partial charge in [-0.25, -0.2) is 9.07 Å². The second-order valence-corrected chi connectivity index (χ2v) is 8.67. The molecule has 2 amide bonds. The van der Waals surface area contributed by atoms with Gasteiger partial charge in [0.1, 0.15) is 5.82 Å². The third-order valence-corrected chi connectivity index (χ3v) is 6.69. The maximum atomic E-state index is 13.4. The average molecular weight is 479 g/mol. The number of hydrogen-bond donors (Lipinski definition) is 0. The molecule has 1 saturated heterocycles. The number of amides is 2. The van der Waals surface area contributed by atoms with E-state index in [1.165, 1.54) is 19.2 Å². The third kappa shape index (κ3) is 4.22. The molecule has 2 aromatic carbocycles. The molecule has 0 spiro atoms. The molecule has 1 fully saturated rings. The highest BCUT2D eigenvalue weighted by Crippen LogP contribution is 2.30. The van der Waals surface area contributed by atoms with Crippen molar-refractivity contribution in [1.29, 1.82) is 0 Å². The molecule has 2 aliphatic rings. The first-order valence-corrected chi connectivity index (χ1v) is 11.7. The number of methoxy groups -OCH3 is 2. The number of rotatable bonds is 5. The van der Waals surface area contributed by atoms with Crippen LogP contribution in [-0.2, 0) is 12.8 Å². The molecule has 0 unspecified atom stereocenters. The van der Waals surface area contributed by atoms with E-state index < -0.39 is 0 Å². The van der Waals surface area contributed by atoms with E-state index in [0.717, 1.165) is 36.2 Å². The van der Waals surface area contributed by atoms with Crippen molar-refractivity contribution < 1.29 is 23.5 Å². The van der Waals surface area contributed by atoms with Gasteiger partial charge in [-0.2, -0.15) is 5.10 Å². The van der Waals surface area contributed by atoms with Gasteiger partial charge in [0.15, 0.2) is 17.2 Å². The first-order chi connectivity index (χ1) is 17.0. The zero-order valence-electron chi connectivity index (χ0n) is 19.8. The zero-order chi connectivity index (χ0) is 24.5. The Kier molecular flexibility index (Phi) is 6.15. The molecule has 0 atom stereocenters. The van der Waals surface area contributed by atoms with Gasteiger partial charge in [-0.15, -0.1) is 0 Å². The molecule has 1 aromatic heterocycles. The fraction of sp³-hybridized carbons (Fsp3) is 0.346. The van der Waals surface area contributed by atoms with Crippen LogP contribution in [0.4, 0.5) is 4.39 Å². The van der Waals surface area contributed by atoms with Gasteiger partial charge in [-0.05, 0) is 61.7 Å². The maximum absolute atomic E-state index is 13.4. The summed E-state index contributed by atoms with van der Waals surface area (Å²) in [4.78, 5) is 30.0. The Balaban J connectivity index is 1.30. The predicted octanol–water partition coefficient (Wildman–Crippen LogP) is 3.12. The molecule has 1 aliphatic carbocycles. The number of carbonyl (C=O) groups is 2. The molecule has 35 heavy (non-hydrogen) atoms. The molecular formula is C26H27FN4O4. The van der Waals surface area contributed by atoms with E-state index in [0.29, 0.717) is 48.9 Å². The smallest absolute Gasteiger partial charge is 0.274 e. The lowest BCUT2D eigenvalue weighted by atomic mass is 10.1. The summed E-state index contributed by atoms with van der Waals surface area (Å²) in [6, 6.07) is 11.2. The summed E-state index contributed by atoms with van der Waals surface area (Å²) in [6.07, 6.45) is 2.60. The number of fused-ring (bicyclic) bond motifs is 1. The van der Waals surface area contributed by atoms with Crippen LogP contribution in [0.2, 0.25) is 0 Å². The van der Waals surface area contributed by atoms with Crippen molar-refractivity contribution in [3.63, 3.8) is 0 Å². The van der Waals surface area contributed by atoms with Crippen molar-refractivity contribution in [3.8, 4) is 17.2 Å². The number of ether oxygens (including phenoxy) is 2. The van der Waals surface area contributed by atoms with Crippen LogP contribution in [0.5, 0.6) is 11.5 Å². The van der Waals surface area contributed by atoms with E-state index in [1.807, 2.05) is 0 Å². The maximum Gasteiger partial charge on any atom is 0.274 e. The Bertz CT molecular complexity index is 1260. The van der Waals surface area contributed by atoms with Crippen molar-refractivity contribution in [1.82, 2.24) is 19.6 Å². The first kappa shape index (κ1) is 22.9. The summed E-state index contributed by atoms with van der Waals surface area (Å²) in [7, 11) is 3.08. The highest BCUT2D eigenvalue weighted by atomic mass is 19.1. The van der Waals surface area contributed by atoms with Crippen LogP contribution >= 0.6 is 0 Å². The molecule has 8 nitrogen and oxygen atoms in total. The Morgan fingerprint density at radius 3 is 2.17 bits per heavy atom. The molecule has 9 heteroatoms. The van der Waals surface area contributed by atoms with Gasteiger partial charge >= 0.3 is 0 Å². The molecular weight excluding hydrogens is 451 g/mol. The van der Waals surface area contributed by atoms with Gasteiger partial charge in [0, 0.05) is 43.0 Å². The Morgan fingerprint density at radius 1 is 0.857 bits per heavy atom. The summed E-state index contributed by atoms with van der Waals surface area (Å²) in [5.74, 6) is 0.515. The topological polar surface area (TPSA) is 76.9 Å². The zero-order valence-corrected chi connectivity index (χ0v) is 19.8. The standard InChI is InChI=1S/C26H27FN4O4/c1-34-22-11-6-17(16-23(22)35-2)25(32)29-12-14-30(15-13-29)26(33)24-20-4-3-5-21(20)31(28-24)19-9-7-18(27)8-10-19/h6-11,16H,3-5,12-15H2,1-2H3. The van der Waals surface area contributed by atoms with Crippen molar-refractivity contribution in [2.24, 2.45) is 0 Å². The summed E-state index contributed by atoms with van der Waals surface area (Å²) < 4.78 is 25.7. The molecule has 3 aromatic rings. The van der Waals surface area contributed by atoms with Crippen LogP contribution in [0.15, 0.2) is 42.5 Å². The average Bonchev–Trinajstić information content (AvgIpc) is 3.51.